The summed E-state index contributed by atoms with van der Waals surface area (Å²) in [6, 6.07) is 11.5. The smallest absolute Gasteiger partial charge is 0.367 e. The van der Waals surface area contributed by atoms with Crippen molar-refractivity contribution in [1.82, 2.24) is 10.2 Å². The van der Waals surface area contributed by atoms with Gasteiger partial charge >= 0.3 is 12.1 Å². The van der Waals surface area contributed by atoms with Gasteiger partial charge in [-0.05, 0) is 42.5 Å². The van der Waals surface area contributed by atoms with Crippen LogP contribution in [0.25, 0.3) is 0 Å². The maximum absolute atomic E-state index is 12.6. The number of anilines is 2. The zero-order valence-electron chi connectivity index (χ0n) is 16.4. The third-order valence-corrected chi connectivity index (χ3v) is 5.54. The van der Waals surface area contributed by atoms with Crippen molar-refractivity contribution in [2.24, 2.45) is 0 Å². The van der Waals surface area contributed by atoms with Crippen LogP contribution in [0.15, 0.2) is 42.5 Å². The van der Waals surface area contributed by atoms with E-state index in [4.69, 9.17) is 35.4 Å². The minimum atomic E-state index is -4.88. The first-order chi connectivity index (χ1) is 15.1. The summed E-state index contributed by atoms with van der Waals surface area (Å²) >= 11 is 17.5. The molecule has 1 aliphatic heterocycles. The first kappa shape index (κ1) is 24.1. The van der Waals surface area contributed by atoms with E-state index in [1.54, 1.807) is 47.4 Å². The van der Waals surface area contributed by atoms with Crippen LogP contribution in [0.5, 0.6) is 0 Å². The molecule has 0 atom stereocenters. The molecule has 1 heterocycles. The molecule has 2 aromatic carbocycles. The highest BCUT2D eigenvalue weighted by Crippen LogP contribution is 2.30. The fourth-order valence-electron chi connectivity index (χ4n) is 3.15. The van der Waals surface area contributed by atoms with Crippen LogP contribution in [-0.2, 0) is 4.79 Å². The molecule has 1 aliphatic rings. The molecule has 2 aromatic rings. The third-order valence-electron chi connectivity index (χ3n) is 4.70. The molecule has 0 radical (unpaired) electrons. The Hall–Kier alpha value is -2.56. The summed E-state index contributed by atoms with van der Waals surface area (Å²) in [5.41, 5.74) is 1.39. The van der Waals surface area contributed by atoms with Crippen molar-refractivity contribution in [2.75, 3.05) is 36.4 Å². The van der Waals surface area contributed by atoms with Crippen molar-refractivity contribution < 1.29 is 22.8 Å². The van der Waals surface area contributed by atoms with Crippen LogP contribution in [0.4, 0.5) is 24.5 Å². The standard InChI is InChI=1S/C20H17Cl2F3N4O2S/c21-14-4-2-1-3-13(14)17(30)27-19(32)26-12-5-6-16(15(22)11-12)28-7-9-29(10-8-28)18(31)20(23,24)25/h1-6,11H,7-10H2,(H2,26,27,30,32). The number of nitrogens with zero attached hydrogens (tertiary/aromatic N) is 2. The molecule has 0 aromatic heterocycles. The van der Waals surface area contributed by atoms with Crippen LogP contribution in [0.3, 0.4) is 0 Å². The number of carbonyl (C=O) groups excluding carboxylic acids is 2. The Balaban J connectivity index is 1.58. The Morgan fingerprint density at radius 1 is 0.969 bits per heavy atom. The van der Waals surface area contributed by atoms with E-state index in [9.17, 15) is 22.8 Å². The number of carbonyl (C=O) groups is 2. The van der Waals surface area contributed by atoms with Gasteiger partial charge in [0.15, 0.2) is 5.11 Å². The van der Waals surface area contributed by atoms with Crippen LogP contribution >= 0.6 is 35.4 Å². The number of piperazine rings is 1. The normalized spacial score (nSPS) is 14.2. The van der Waals surface area contributed by atoms with Gasteiger partial charge in [-0.15, -0.1) is 0 Å². The Morgan fingerprint density at radius 2 is 1.62 bits per heavy atom. The Labute approximate surface area is 197 Å². The largest absolute Gasteiger partial charge is 0.471 e. The summed E-state index contributed by atoms with van der Waals surface area (Å²) in [5, 5.41) is 6.04. The molecule has 32 heavy (non-hydrogen) atoms. The maximum atomic E-state index is 12.6. The van der Waals surface area contributed by atoms with Crippen LogP contribution in [0.1, 0.15) is 10.4 Å². The lowest BCUT2D eigenvalue weighted by Gasteiger charge is -2.36. The van der Waals surface area contributed by atoms with E-state index in [0.29, 0.717) is 16.4 Å². The molecule has 2 amide bonds. The summed E-state index contributed by atoms with van der Waals surface area (Å²) in [4.78, 5) is 26.2. The van der Waals surface area contributed by atoms with Crippen molar-refractivity contribution in [3.8, 4) is 0 Å². The lowest BCUT2D eigenvalue weighted by Crippen LogP contribution is -2.52. The summed E-state index contributed by atoms with van der Waals surface area (Å²) < 4.78 is 37.8. The third kappa shape index (κ3) is 5.81. The van der Waals surface area contributed by atoms with E-state index in [1.165, 1.54) is 0 Å². The van der Waals surface area contributed by atoms with Gasteiger partial charge in [0.2, 0.25) is 0 Å². The second kappa shape index (κ2) is 9.93. The summed E-state index contributed by atoms with van der Waals surface area (Å²) in [5.74, 6) is -2.31. The Kier molecular flexibility index (Phi) is 7.47. The van der Waals surface area contributed by atoms with Gasteiger partial charge in [-0.3, -0.25) is 14.9 Å². The van der Waals surface area contributed by atoms with Gasteiger partial charge in [0.25, 0.3) is 5.91 Å². The minimum Gasteiger partial charge on any atom is -0.367 e. The fraction of sp³-hybridized carbons (Fsp3) is 0.250. The van der Waals surface area contributed by atoms with Gasteiger partial charge in [0, 0.05) is 31.9 Å². The van der Waals surface area contributed by atoms with Crippen molar-refractivity contribution in [2.45, 2.75) is 6.18 Å². The number of hydrogen-bond donors (Lipinski definition) is 2. The molecular weight excluding hydrogens is 488 g/mol. The highest BCUT2D eigenvalue weighted by atomic mass is 35.5. The van der Waals surface area contributed by atoms with Crippen molar-refractivity contribution in [1.29, 1.82) is 0 Å². The molecule has 0 bridgehead atoms. The first-order valence-corrected chi connectivity index (χ1v) is 10.5. The second-order valence-electron chi connectivity index (χ2n) is 6.83. The SMILES string of the molecule is O=C(NC(=S)Nc1ccc(N2CCN(C(=O)C(F)(F)F)CC2)c(Cl)c1)c1ccccc1Cl. The number of alkyl halides is 3. The number of hydrogen-bond acceptors (Lipinski definition) is 4. The van der Waals surface area contributed by atoms with Crippen LogP contribution in [0, 0.1) is 0 Å². The molecular formula is C20H17Cl2F3N4O2S. The number of benzene rings is 2. The van der Waals surface area contributed by atoms with Gasteiger partial charge in [-0.1, -0.05) is 35.3 Å². The molecule has 1 fully saturated rings. The van der Waals surface area contributed by atoms with E-state index < -0.39 is 18.0 Å². The average molecular weight is 505 g/mol. The van der Waals surface area contributed by atoms with Crippen molar-refractivity contribution >= 4 is 63.7 Å². The molecule has 2 N–H and O–H groups in total. The van der Waals surface area contributed by atoms with E-state index in [0.717, 1.165) is 4.90 Å². The van der Waals surface area contributed by atoms with E-state index in [1.807, 2.05) is 0 Å². The second-order valence-corrected chi connectivity index (χ2v) is 8.05. The van der Waals surface area contributed by atoms with Crippen molar-refractivity contribution in [3.05, 3.63) is 58.1 Å². The van der Waals surface area contributed by atoms with E-state index >= 15 is 0 Å². The quantitative estimate of drug-likeness (QED) is 0.609. The predicted octanol–water partition coefficient (Wildman–Crippen LogP) is 4.33. The predicted molar refractivity (Wildman–Crippen MR) is 121 cm³/mol. The van der Waals surface area contributed by atoms with Crippen LogP contribution in [0.2, 0.25) is 10.0 Å². The number of rotatable bonds is 3. The van der Waals surface area contributed by atoms with Gasteiger partial charge in [0.05, 0.1) is 21.3 Å². The van der Waals surface area contributed by atoms with Gasteiger partial charge in [-0.25, -0.2) is 0 Å². The molecule has 0 saturated carbocycles. The number of thiocarbonyl (C=S) groups is 1. The molecule has 6 nitrogen and oxygen atoms in total. The van der Waals surface area contributed by atoms with E-state index in [2.05, 4.69) is 10.6 Å². The average Bonchev–Trinajstić information content (AvgIpc) is 2.73. The zero-order chi connectivity index (χ0) is 23.5. The summed E-state index contributed by atoms with van der Waals surface area (Å²) in [7, 11) is 0. The van der Waals surface area contributed by atoms with Gasteiger partial charge in [0.1, 0.15) is 0 Å². The zero-order valence-corrected chi connectivity index (χ0v) is 18.7. The van der Waals surface area contributed by atoms with Crippen LogP contribution < -0.4 is 15.5 Å². The lowest BCUT2D eigenvalue weighted by atomic mass is 10.2. The van der Waals surface area contributed by atoms with Crippen LogP contribution in [-0.4, -0.2) is 54.2 Å². The monoisotopic (exact) mass is 504 g/mol. The Morgan fingerprint density at radius 3 is 2.22 bits per heavy atom. The number of amides is 2. The first-order valence-electron chi connectivity index (χ1n) is 9.33. The summed E-state index contributed by atoms with van der Waals surface area (Å²) in [6.45, 7) is 0.293. The topological polar surface area (TPSA) is 64.7 Å². The Bertz CT molecular complexity index is 1040. The maximum Gasteiger partial charge on any atom is 0.471 e. The van der Waals surface area contributed by atoms with Gasteiger partial charge in [-0.2, -0.15) is 13.2 Å². The molecule has 170 valence electrons. The number of nitrogens with one attached hydrogen (secondary N) is 2. The fourth-order valence-corrected chi connectivity index (χ4v) is 3.88. The summed E-state index contributed by atoms with van der Waals surface area (Å²) in [6.07, 6.45) is -4.88. The van der Waals surface area contributed by atoms with E-state index in [-0.39, 0.29) is 41.9 Å². The van der Waals surface area contributed by atoms with Crippen molar-refractivity contribution in [3.63, 3.8) is 0 Å². The highest BCUT2D eigenvalue weighted by molar-refractivity contribution is 7.80. The molecule has 0 unspecified atom stereocenters. The van der Waals surface area contributed by atoms with Gasteiger partial charge < -0.3 is 15.1 Å². The highest BCUT2D eigenvalue weighted by Gasteiger charge is 2.43. The number of halogens is 5. The lowest BCUT2D eigenvalue weighted by molar-refractivity contribution is -0.185. The molecule has 12 heteroatoms. The molecule has 3 rings (SSSR count). The minimum absolute atomic E-state index is 0.0398. The molecule has 1 saturated heterocycles. The molecule has 0 aliphatic carbocycles. The molecule has 0 spiro atoms.